The molecule has 0 amide bonds. The van der Waals surface area contributed by atoms with Gasteiger partial charge in [-0.25, -0.2) is 9.37 Å². The molecule has 0 atom stereocenters. The van der Waals surface area contributed by atoms with Crippen molar-refractivity contribution in [2.75, 3.05) is 12.1 Å². The monoisotopic (exact) mass is 349 g/mol. The Kier molecular flexibility index (Phi) is 4.55. The third-order valence-corrected chi connectivity index (χ3v) is 4.12. The number of nitrogens with zero attached hydrogens (tertiary/aromatic N) is 3. The van der Waals surface area contributed by atoms with Crippen molar-refractivity contribution in [2.24, 2.45) is 0 Å². The second kappa shape index (κ2) is 6.60. The Morgan fingerprint density at radius 2 is 1.96 bits per heavy atom. The second-order valence-electron chi connectivity index (χ2n) is 5.18. The van der Waals surface area contributed by atoms with E-state index >= 15 is 0 Å². The van der Waals surface area contributed by atoms with E-state index in [0.29, 0.717) is 16.6 Å². The standard InChI is InChI=1S/C17H14Cl2FN3/c1-22(23-7-6-21-11-23)10-12-2-4-14(20)9-16(12)15-5-3-13(18)8-17(15)19/h2-9,11H,10H2,1H3. The molecule has 0 saturated heterocycles. The van der Waals surface area contributed by atoms with Gasteiger partial charge in [-0.2, -0.15) is 0 Å². The first-order chi connectivity index (χ1) is 11.0. The van der Waals surface area contributed by atoms with Crippen LogP contribution in [0.3, 0.4) is 0 Å². The molecule has 0 aliphatic carbocycles. The predicted octanol–water partition coefficient (Wildman–Crippen LogP) is 4.76. The minimum atomic E-state index is -0.306. The smallest absolute Gasteiger partial charge is 0.123 e. The Hall–Kier alpha value is -2.04. The molecule has 0 unspecified atom stereocenters. The summed E-state index contributed by atoms with van der Waals surface area (Å²) in [4.78, 5) is 4.03. The summed E-state index contributed by atoms with van der Waals surface area (Å²) >= 11 is 12.2. The number of hydrogen-bond donors (Lipinski definition) is 0. The third kappa shape index (κ3) is 3.49. The van der Waals surface area contributed by atoms with Gasteiger partial charge >= 0.3 is 0 Å². The molecule has 23 heavy (non-hydrogen) atoms. The number of hydrogen-bond acceptors (Lipinski definition) is 2. The highest BCUT2D eigenvalue weighted by Crippen LogP contribution is 2.33. The van der Waals surface area contributed by atoms with Crippen molar-refractivity contribution < 1.29 is 4.39 Å². The van der Waals surface area contributed by atoms with Crippen LogP contribution in [0.1, 0.15) is 5.56 Å². The zero-order valence-electron chi connectivity index (χ0n) is 12.4. The van der Waals surface area contributed by atoms with Crippen molar-refractivity contribution in [2.45, 2.75) is 6.54 Å². The van der Waals surface area contributed by atoms with Crippen molar-refractivity contribution in [3.8, 4) is 11.1 Å². The zero-order valence-corrected chi connectivity index (χ0v) is 13.9. The predicted molar refractivity (Wildman–Crippen MR) is 91.9 cm³/mol. The van der Waals surface area contributed by atoms with Gasteiger partial charge in [-0.3, -0.25) is 4.68 Å². The van der Waals surface area contributed by atoms with Crippen LogP contribution in [0.15, 0.2) is 55.1 Å². The molecule has 0 bridgehead atoms. The highest BCUT2D eigenvalue weighted by molar-refractivity contribution is 6.36. The molecule has 0 aliphatic heterocycles. The molecule has 0 spiro atoms. The van der Waals surface area contributed by atoms with E-state index in [2.05, 4.69) is 4.98 Å². The van der Waals surface area contributed by atoms with Crippen molar-refractivity contribution in [1.82, 2.24) is 9.66 Å². The topological polar surface area (TPSA) is 21.1 Å². The van der Waals surface area contributed by atoms with Gasteiger partial charge in [0, 0.05) is 35.1 Å². The lowest BCUT2D eigenvalue weighted by Crippen LogP contribution is -2.28. The lowest BCUT2D eigenvalue weighted by atomic mass is 9.99. The van der Waals surface area contributed by atoms with E-state index in [0.717, 1.165) is 16.7 Å². The van der Waals surface area contributed by atoms with Crippen LogP contribution >= 0.6 is 23.2 Å². The number of halogens is 3. The SMILES string of the molecule is CN(Cc1ccc(F)cc1-c1ccc(Cl)cc1Cl)n1ccnc1. The first-order valence-corrected chi connectivity index (χ1v) is 7.73. The largest absolute Gasteiger partial charge is 0.311 e. The van der Waals surface area contributed by atoms with Crippen LogP contribution in [0, 0.1) is 5.82 Å². The summed E-state index contributed by atoms with van der Waals surface area (Å²) in [5.74, 6) is -0.306. The van der Waals surface area contributed by atoms with Crippen molar-refractivity contribution in [3.63, 3.8) is 0 Å². The van der Waals surface area contributed by atoms with E-state index < -0.39 is 0 Å². The summed E-state index contributed by atoms with van der Waals surface area (Å²) in [5, 5.41) is 3.01. The van der Waals surface area contributed by atoms with Gasteiger partial charge in [-0.1, -0.05) is 35.3 Å². The van der Waals surface area contributed by atoms with Gasteiger partial charge in [0.15, 0.2) is 0 Å². The summed E-state index contributed by atoms with van der Waals surface area (Å²) in [6.45, 7) is 0.574. The lowest BCUT2D eigenvalue weighted by Gasteiger charge is -2.22. The maximum Gasteiger partial charge on any atom is 0.123 e. The van der Waals surface area contributed by atoms with Gasteiger partial charge < -0.3 is 5.01 Å². The molecular weight excluding hydrogens is 336 g/mol. The molecule has 0 radical (unpaired) electrons. The molecular formula is C17H14Cl2FN3. The fraction of sp³-hybridized carbons (Fsp3) is 0.118. The molecule has 0 aliphatic rings. The Bertz CT molecular complexity index is 819. The number of aromatic nitrogens is 2. The van der Waals surface area contributed by atoms with Gasteiger partial charge in [-0.15, -0.1) is 0 Å². The molecule has 0 N–H and O–H groups in total. The second-order valence-corrected chi connectivity index (χ2v) is 6.03. The molecule has 1 aromatic heterocycles. The maximum absolute atomic E-state index is 13.8. The van der Waals surface area contributed by atoms with Crippen molar-refractivity contribution >= 4 is 23.2 Å². The summed E-state index contributed by atoms with van der Waals surface area (Å²) in [6.07, 6.45) is 5.26. The number of benzene rings is 2. The summed E-state index contributed by atoms with van der Waals surface area (Å²) < 4.78 is 15.6. The molecule has 3 rings (SSSR count). The average Bonchev–Trinajstić information content (AvgIpc) is 3.04. The Morgan fingerprint density at radius 1 is 1.13 bits per heavy atom. The van der Waals surface area contributed by atoms with Gasteiger partial charge in [0.2, 0.25) is 0 Å². The van der Waals surface area contributed by atoms with E-state index in [1.807, 2.05) is 22.9 Å². The van der Waals surface area contributed by atoms with Crippen LogP contribution < -0.4 is 5.01 Å². The first kappa shape index (κ1) is 15.8. The molecule has 118 valence electrons. The highest BCUT2D eigenvalue weighted by Gasteiger charge is 2.12. The molecule has 6 heteroatoms. The average molecular weight is 350 g/mol. The maximum atomic E-state index is 13.8. The van der Waals surface area contributed by atoms with E-state index in [-0.39, 0.29) is 5.82 Å². The van der Waals surface area contributed by atoms with E-state index in [1.165, 1.54) is 12.1 Å². The quantitative estimate of drug-likeness (QED) is 0.676. The Morgan fingerprint density at radius 3 is 2.65 bits per heavy atom. The zero-order chi connectivity index (χ0) is 16.4. The minimum absolute atomic E-state index is 0.306. The van der Waals surface area contributed by atoms with Crippen LogP contribution in [0.4, 0.5) is 4.39 Å². The third-order valence-electron chi connectivity index (χ3n) is 3.58. The van der Waals surface area contributed by atoms with E-state index in [9.17, 15) is 4.39 Å². The molecule has 0 saturated carbocycles. The molecule has 0 fully saturated rings. The van der Waals surface area contributed by atoms with Crippen LogP contribution in [0.2, 0.25) is 10.0 Å². The highest BCUT2D eigenvalue weighted by atomic mass is 35.5. The van der Waals surface area contributed by atoms with E-state index in [4.69, 9.17) is 23.2 Å². The summed E-state index contributed by atoms with van der Waals surface area (Å²) in [7, 11) is 1.93. The van der Waals surface area contributed by atoms with Crippen LogP contribution in [0.5, 0.6) is 0 Å². The number of imidazole rings is 1. The first-order valence-electron chi connectivity index (χ1n) is 6.98. The normalized spacial score (nSPS) is 10.8. The molecule has 2 aromatic carbocycles. The summed E-state index contributed by atoms with van der Waals surface area (Å²) in [6, 6.07) is 9.92. The molecule has 1 heterocycles. The lowest BCUT2D eigenvalue weighted by molar-refractivity contribution is 0.623. The fourth-order valence-electron chi connectivity index (χ4n) is 2.43. The summed E-state index contributed by atoms with van der Waals surface area (Å²) in [5.41, 5.74) is 2.45. The minimum Gasteiger partial charge on any atom is -0.311 e. The van der Waals surface area contributed by atoms with Crippen molar-refractivity contribution in [1.29, 1.82) is 0 Å². The fourth-order valence-corrected chi connectivity index (χ4v) is 2.94. The van der Waals surface area contributed by atoms with E-state index in [1.54, 1.807) is 36.8 Å². The van der Waals surface area contributed by atoms with Gasteiger partial charge in [0.25, 0.3) is 0 Å². The van der Waals surface area contributed by atoms with Crippen LogP contribution in [0.25, 0.3) is 11.1 Å². The Labute approximate surface area is 143 Å². The van der Waals surface area contributed by atoms with Gasteiger partial charge in [0.05, 0.1) is 6.54 Å². The molecule has 3 nitrogen and oxygen atoms in total. The van der Waals surface area contributed by atoms with Crippen molar-refractivity contribution in [3.05, 3.63) is 76.5 Å². The molecule has 3 aromatic rings. The van der Waals surface area contributed by atoms with Gasteiger partial charge in [-0.05, 0) is 35.4 Å². The van der Waals surface area contributed by atoms with Crippen LogP contribution in [-0.2, 0) is 6.54 Å². The van der Waals surface area contributed by atoms with Crippen LogP contribution in [-0.4, -0.2) is 16.7 Å². The number of rotatable bonds is 4. The Balaban J connectivity index is 2.01. The van der Waals surface area contributed by atoms with Gasteiger partial charge in [0.1, 0.15) is 12.1 Å².